The quantitative estimate of drug-likeness (QED) is 0.682. The molecule has 0 unspecified atom stereocenters. The van der Waals surface area contributed by atoms with Crippen LogP contribution in [0.1, 0.15) is 22.3 Å². The number of carbonyl (C=O) groups is 1. The number of carbonyl (C=O) groups excluding carboxylic acids is 1. The molecule has 0 radical (unpaired) electrons. The maximum Gasteiger partial charge on any atom is 0.218 e. The number of Topliss-reactive ketones (excluding diaryl/α,β-unsaturated/α-hetero) is 1. The average Bonchev–Trinajstić information content (AvgIpc) is 2.69. The Balaban J connectivity index is 1.48. The van der Waals surface area contributed by atoms with E-state index >= 15 is 0 Å². The lowest BCUT2D eigenvalue weighted by molar-refractivity contribution is 0.0952. The van der Waals surface area contributed by atoms with Gasteiger partial charge in [0.05, 0.1) is 5.75 Å². The molecule has 7 heteroatoms. The molecule has 0 bridgehead atoms. The van der Waals surface area contributed by atoms with Crippen LogP contribution in [-0.4, -0.2) is 56.1 Å². The van der Waals surface area contributed by atoms with E-state index in [1.165, 1.54) is 28.6 Å². The second-order valence-electron chi connectivity index (χ2n) is 6.66. The minimum Gasteiger partial charge on any atom is -0.300 e. The number of ketones is 1. The maximum atomic E-state index is 13.0. The van der Waals surface area contributed by atoms with E-state index in [0.717, 1.165) is 0 Å². The summed E-state index contributed by atoms with van der Waals surface area (Å²) in [4.78, 5) is 14.3. The number of rotatable bonds is 7. The third-order valence-corrected chi connectivity index (χ3v) is 6.59. The summed E-state index contributed by atoms with van der Waals surface area (Å²) in [5, 5.41) is 0. The molecule has 0 aromatic heterocycles. The second-order valence-corrected chi connectivity index (χ2v) is 8.63. The molecule has 1 fully saturated rings. The van der Waals surface area contributed by atoms with Gasteiger partial charge >= 0.3 is 0 Å². The number of hydrogen-bond donors (Lipinski definition) is 0. The summed E-state index contributed by atoms with van der Waals surface area (Å²) in [5.41, 5.74) is 1.28. The normalized spacial score (nSPS) is 16.3. The molecule has 0 aliphatic carbocycles. The Morgan fingerprint density at radius 1 is 0.926 bits per heavy atom. The zero-order valence-corrected chi connectivity index (χ0v) is 15.9. The molecule has 0 spiro atoms. The Labute approximate surface area is 159 Å². The maximum absolute atomic E-state index is 13.0. The Morgan fingerprint density at radius 3 is 2.19 bits per heavy atom. The van der Waals surface area contributed by atoms with Gasteiger partial charge < -0.3 is 4.90 Å². The fourth-order valence-electron chi connectivity index (χ4n) is 3.14. The van der Waals surface area contributed by atoms with Crippen molar-refractivity contribution >= 4 is 15.8 Å². The fraction of sp³-hybridized carbons (Fsp3) is 0.350. The lowest BCUT2D eigenvalue weighted by Crippen LogP contribution is -2.49. The van der Waals surface area contributed by atoms with E-state index in [9.17, 15) is 17.6 Å². The zero-order valence-electron chi connectivity index (χ0n) is 15.1. The first-order valence-corrected chi connectivity index (χ1v) is 10.6. The number of hydrogen-bond acceptors (Lipinski definition) is 4. The molecule has 1 aliphatic rings. The third kappa shape index (κ3) is 5.45. The highest BCUT2D eigenvalue weighted by atomic mass is 32.2. The van der Waals surface area contributed by atoms with Crippen LogP contribution >= 0.6 is 0 Å². The van der Waals surface area contributed by atoms with Crippen LogP contribution in [0.3, 0.4) is 0 Å². The van der Waals surface area contributed by atoms with Crippen molar-refractivity contribution in [3.8, 4) is 0 Å². The fourth-order valence-corrected chi connectivity index (χ4v) is 4.66. The van der Waals surface area contributed by atoms with Gasteiger partial charge in [-0.15, -0.1) is 0 Å². The molecular formula is C20H23FN2O3S. The van der Waals surface area contributed by atoms with Crippen LogP contribution < -0.4 is 0 Å². The monoisotopic (exact) mass is 390 g/mol. The first-order valence-electron chi connectivity index (χ1n) is 8.97. The highest BCUT2D eigenvalue weighted by molar-refractivity contribution is 7.88. The van der Waals surface area contributed by atoms with Crippen molar-refractivity contribution in [2.45, 2.75) is 12.2 Å². The molecule has 0 atom stereocenters. The molecule has 1 saturated heterocycles. The number of sulfonamides is 1. The van der Waals surface area contributed by atoms with Gasteiger partial charge in [0.15, 0.2) is 5.78 Å². The molecule has 5 nitrogen and oxygen atoms in total. The topological polar surface area (TPSA) is 57.7 Å². The minimum atomic E-state index is -3.43. The standard InChI is InChI=1S/C20H23FN2O3S/c21-19-8-6-17(7-9-19)16-27(25,26)23-14-12-22(13-15-23)11-10-20(24)18-4-2-1-3-5-18/h1-9H,10-16H2. The van der Waals surface area contributed by atoms with E-state index in [1.54, 1.807) is 0 Å². The first-order chi connectivity index (χ1) is 12.9. The molecule has 0 amide bonds. The second kappa shape index (κ2) is 8.73. The van der Waals surface area contributed by atoms with Gasteiger partial charge in [0.25, 0.3) is 0 Å². The number of nitrogens with zero attached hydrogens (tertiary/aromatic N) is 2. The van der Waals surface area contributed by atoms with Gasteiger partial charge in [-0.2, -0.15) is 4.31 Å². The van der Waals surface area contributed by atoms with Crippen LogP contribution in [0.25, 0.3) is 0 Å². The smallest absolute Gasteiger partial charge is 0.218 e. The van der Waals surface area contributed by atoms with E-state index in [4.69, 9.17) is 0 Å². The number of benzene rings is 2. The van der Waals surface area contributed by atoms with E-state index < -0.39 is 10.0 Å². The van der Waals surface area contributed by atoms with E-state index in [0.29, 0.717) is 50.3 Å². The van der Waals surface area contributed by atoms with Crippen molar-refractivity contribution in [1.82, 2.24) is 9.21 Å². The summed E-state index contributed by atoms with van der Waals surface area (Å²) in [7, 11) is -3.43. The van der Waals surface area contributed by atoms with Crippen LogP contribution in [0.15, 0.2) is 54.6 Å². The summed E-state index contributed by atoms with van der Waals surface area (Å²) in [6.07, 6.45) is 0.423. The molecule has 27 heavy (non-hydrogen) atoms. The first kappa shape index (κ1) is 19.7. The third-order valence-electron chi connectivity index (χ3n) is 4.74. The SMILES string of the molecule is O=C(CCN1CCN(S(=O)(=O)Cc2ccc(F)cc2)CC1)c1ccccc1. The molecular weight excluding hydrogens is 367 g/mol. The molecule has 1 aliphatic heterocycles. The highest BCUT2D eigenvalue weighted by Crippen LogP contribution is 2.15. The molecule has 2 aromatic rings. The Morgan fingerprint density at radius 2 is 1.56 bits per heavy atom. The van der Waals surface area contributed by atoms with E-state index in [2.05, 4.69) is 4.90 Å². The predicted octanol–water partition coefficient (Wildman–Crippen LogP) is 2.55. The summed E-state index contributed by atoms with van der Waals surface area (Å²) in [6, 6.07) is 14.7. The number of halogens is 1. The molecule has 2 aromatic carbocycles. The van der Waals surface area contributed by atoms with Crippen molar-refractivity contribution in [1.29, 1.82) is 0 Å². The van der Waals surface area contributed by atoms with Gasteiger partial charge in [-0.3, -0.25) is 4.79 Å². The van der Waals surface area contributed by atoms with Gasteiger partial charge in [0.2, 0.25) is 10.0 Å². The zero-order chi connectivity index (χ0) is 19.3. The van der Waals surface area contributed by atoms with E-state index in [1.807, 2.05) is 30.3 Å². The van der Waals surface area contributed by atoms with Crippen LogP contribution in [0, 0.1) is 5.82 Å². The molecule has 0 saturated carbocycles. The largest absolute Gasteiger partial charge is 0.300 e. The lowest BCUT2D eigenvalue weighted by Gasteiger charge is -2.33. The van der Waals surface area contributed by atoms with Crippen molar-refractivity contribution in [3.63, 3.8) is 0 Å². The summed E-state index contributed by atoms with van der Waals surface area (Å²) < 4.78 is 39.6. The van der Waals surface area contributed by atoms with Gasteiger partial charge in [-0.1, -0.05) is 42.5 Å². The summed E-state index contributed by atoms with van der Waals surface area (Å²) >= 11 is 0. The van der Waals surface area contributed by atoms with Crippen LogP contribution in [-0.2, 0) is 15.8 Å². The molecule has 3 rings (SSSR count). The Bertz CT molecular complexity index is 862. The summed E-state index contributed by atoms with van der Waals surface area (Å²) in [6.45, 7) is 2.64. The molecule has 1 heterocycles. The highest BCUT2D eigenvalue weighted by Gasteiger charge is 2.27. The Hall–Kier alpha value is -2.09. The van der Waals surface area contributed by atoms with E-state index in [-0.39, 0.29) is 17.4 Å². The number of piperazine rings is 1. The predicted molar refractivity (Wildman–Crippen MR) is 102 cm³/mol. The average molecular weight is 390 g/mol. The van der Waals surface area contributed by atoms with Crippen molar-refractivity contribution in [2.24, 2.45) is 0 Å². The molecule has 0 N–H and O–H groups in total. The minimum absolute atomic E-state index is 0.0990. The van der Waals surface area contributed by atoms with Gasteiger partial charge in [-0.25, -0.2) is 12.8 Å². The van der Waals surface area contributed by atoms with Crippen LogP contribution in [0.2, 0.25) is 0 Å². The van der Waals surface area contributed by atoms with Gasteiger partial charge in [-0.05, 0) is 17.7 Å². The van der Waals surface area contributed by atoms with Crippen molar-refractivity contribution in [3.05, 3.63) is 71.5 Å². The van der Waals surface area contributed by atoms with Crippen molar-refractivity contribution in [2.75, 3.05) is 32.7 Å². The Kier molecular flexibility index (Phi) is 6.36. The molecule has 144 valence electrons. The van der Waals surface area contributed by atoms with Crippen LogP contribution in [0.5, 0.6) is 0 Å². The van der Waals surface area contributed by atoms with Gasteiger partial charge in [0.1, 0.15) is 5.82 Å². The van der Waals surface area contributed by atoms with Crippen molar-refractivity contribution < 1.29 is 17.6 Å². The van der Waals surface area contributed by atoms with Crippen LogP contribution in [0.4, 0.5) is 4.39 Å². The summed E-state index contributed by atoms with van der Waals surface area (Å²) in [5.74, 6) is -0.406. The van der Waals surface area contributed by atoms with Gasteiger partial charge in [0, 0.05) is 44.7 Å². The lowest BCUT2D eigenvalue weighted by atomic mass is 10.1.